The Hall–Kier alpha value is -1.86. The number of unbranched alkanes of at least 4 members (excludes halogenated alkanes) is 58. The fourth-order valence-electron chi connectivity index (χ4n) is 13.4. The first-order valence-electron chi connectivity index (χ1n) is 41.1. The highest BCUT2D eigenvalue weighted by molar-refractivity contribution is 5.76. The lowest BCUT2D eigenvalue weighted by Crippen LogP contribution is -2.60. The van der Waals surface area contributed by atoms with Crippen molar-refractivity contribution in [2.75, 3.05) is 19.8 Å². The molecule has 11 nitrogen and oxygen atoms in total. The summed E-state index contributed by atoms with van der Waals surface area (Å²) in [6.07, 6.45) is 82.5. The minimum atomic E-state index is -1.57. The third-order valence-corrected chi connectivity index (χ3v) is 19.8. The predicted molar refractivity (Wildman–Crippen MR) is 394 cm³/mol. The minimum Gasteiger partial charge on any atom is -0.466 e. The molecule has 11 heteroatoms. The molecule has 1 saturated heterocycles. The number of allylic oxidation sites excluding steroid dienone is 3. The van der Waals surface area contributed by atoms with Gasteiger partial charge < -0.3 is 45.1 Å². The summed E-state index contributed by atoms with van der Waals surface area (Å²) >= 11 is 0. The molecule has 7 atom stereocenters. The number of esters is 1. The fraction of sp³-hybridized carbons (Fsp3) is 0.927. The van der Waals surface area contributed by atoms with Gasteiger partial charge >= 0.3 is 5.97 Å². The molecule has 550 valence electrons. The number of aliphatic hydroxyl groups is 5. The maximum absolute atomic E-state index is 13.0. The van der Waals surface area contributed by atoms with Crippen molar-refractivity contribution in [2.45, 2.75) is 468 Å². The highest BCUT2D eigenvalue weighted by Crippen LogP contribution is 2.24. The quantitative estimate of drug-likeness (QED) is 0.0195. The van der Waals surface area contributed by atoms with Gasteiger partial charge in [0, 0.05) is 12.8 Å². The van der Waals surface area contributed by atoms with Crippen LogP contribution in [-0.4, -0.2) is 100 Å². The largest absolute Gasteiger partial charge is 0.466 e. The van der Waals surface area contributed by atoms with Gasteiger partial charge in [-0.1, -0.05) is 378 Å². The molecule has 0 bridgehead atoms. The molecular weight excluding hydrogens is 1160 g/mol. The molecule has 1 amide bonds. The Labute approximate surface area is 575 Å². The topological polar surface area (TPSA) is 175 Å². The Morgan fingerprint density at radius 3 is 1.03 bits per heavy atom. The highest BCUT2D eigenvalue weighted by atomic mass is 16.7. The number of rotatable bonds is 74. The van der Waals surface area contributed by atoms with Crippen LogP contribution < -0.4 is 5.32 Å². The summed E-state index contributed by atoms with van der Waals surface area (Å²) in [7, 11) is 0. The Kier molecular flexibility index (Phi) is 68.5. The van der Waals surface area contributed by atoms with Crippen LogP contribution in [0, 0.1) is 0 Å². The van der Waals surface area contributed by atoms with Crippen LogP contribution in [0.25, 0.3) is 0 Å². The maximum atomic E-state index is 13.0. The van der Waals surface area contributed by atoms with Crippen LogP contribution in [0.15, 0.2) is 24.3 Å². The Balaban J connectivity index is 1.83. The molecule has 0 aromatic heterocycles. The van der Waals surface area contributed by atoms with Crippen molar-refractivity contribution in [3.8, 4) is 0 Å². The van der Waals surface area contributed by atoms with E-state index in [2.05, 4.69) is 31.3 Å². The van der Waals surface area contributed by atoms with Gasteiger partial charge in [-0.15, -0.1) is 0 Å². The summed E-state index contributed by atoms with van der Waals surface area (Å²) in [4.78, 5) is 25.2. The van der Waals surface area contributed by atoms with E-state index >= 15 is 0 Å². The summed E-state index contributed by atoms with van der Waals surface area (Å²) < 4.78 is 16.8. The zero-order chi connectivity index (χ0) is 67.2. The molecule has 1 rings (SSSR count). The lowest BCUT2D eigenvalue weighted by atomic mass is 9.99. The number of carbonyl (C=O) groups is 2. The number of aliphatic hydroxyl groups excluding tert-OH is 5. The van der Waals surface area contributed by atoms with Crippen LogP contribution in [0.1, 0.15) is 425 Å². The first-order chi connectivity index (χ1) is 45.7. The van der Waals surface area contributed by atoms with Crippen LogP contribution >= 0.6 is 0 Å². The number of ether oxygens (including phenoxy) is 3. The van der Waals surface area contributed by atoms with Gasteiger partial charge in [-0.3, -0.25) is 9.59 Å². The number of hydrogen-bond donors (Lipinski definition) is 6. The van der Waals surface area contributed by atoms with E-state index in [9.17, 15) is 35.1 Å². The van der Waals surface area contributed by atoms with Gasteiger partial charge in [0.2, 0.25) is 5.91 Å². The molecule has 7 unspecified atom stereocenters. The van der Waals surface area contributed by atoms with E-state index in [0.29, 0.717) is 19.4 Å². The van der Waals surface area contributed by atoms with Crippen molar-refractivity contribution in [3.05, 3.63) is 24.3 Å². The summed E-state index contributed by atoms with van der Waals surface area (Å²) in [5.41, 5.74) is 0. The molecule has 0 aromatic rings. The first-order valence-corrected chi connectivity index (χ1v) is 41.1. The predicted octanol–water partition coefficient (Wildman–Crippen LogP) is 22.3. The van der Waals surface area contributed by atoms with E-state index < -0.39 is 49.5 Å². The van der Waals surface area contributed by atoms with E-state index in [1.165, 1.54) is 347 Å². The number of hydrogen-bond acceptors (Lipinski definition) is 10. The smallest absolute Gasteiger partial charge is 0.305 e. The van der Waals surface area contributed by atoms with Crippen LogP contribution in [0.4, 0.5) is 0 Å². The average molecular weight is 1320 g/mol. The second-order valence-electron chi connectivity index (χ2n) is 28.8. The standard InChI is InChI=1S/C82H157NO10/c1-3-5-7-9-11-13-14-15-16-17-37-41-44-47-50-54-58-62-66-70-78(87)91-71-67-63-59-55-51-48-45-42-39-36-34-32-30-28-26-24-22-20-18-19-21-23-25-27-29-31-33-35-38-40-43-46-49-53-57-61-65-69-77(86)83-74(75(85)68-64-60-56-52-12-10-8-6-4-2)73-92-82-81(90)80(89)79(88)76(72-84)93-82/h18,20,64,68,74-76,79-82,84-85,88-90H,3-17,19,21-63,65-67,69-73H2,1-2H3,(H,83,86)/b20-18-,68-64+. The van der Waals surface area contributed by atoms with Crippen molar-refractivity contribution in [1.29, 1.82) is 0 Å². The second kappa shape index (κ2) is 71.4. The highest BCUT2D eigenvalue weighted by Gasteiger charge is 2.44. The fourth-order valence-corrected chi connectivity index (χ4v) is 13.4. The molecule has 0 spiro atoms. The Morgan fingerprint density at radius 1 is 0.387 bits per heavy atom. The zero-order valence-corrected chi connectivity index (χ0v) is 61.5. The monoisotopic (exact) mass is 1320 g/mol. The van der Waals surface area contributed by atoms with Crippen molar-refractivity contribution in [3.63, 3.8) is 0 Å². The first kappa shape index (κ1) is 89.2. The second-order valence-corrected chi connectivity index (χ2v) is 28.8. The van der Waals surface area contributed by atoms with Crippen LogP contribution in [0.5, 0.6) is 0 Å². The molecule has 0 saturated carbocycles. The van der Waals surface area contributed by atoms with Crippen LogP contribution in [0.2, 0.25) is 0 Å². The molecular formula is C82H157NO10. The molecule has 0 aromatic carbocycles. The molecule has 1 aliphatic heterocycles. The van der Waals surface area contributed by atoms with Gasteiger partial charge in [0.1, 0.15) is 24.4 Å². The van der Waals surface area contributed by atoms with E-state index in [1.807, 2.05) is 6.08 Å². The average Bonchev–Trinajstić information content (AvgIpc) is 1.10. The number of amides is 1. The molecule has 0 aliphatic carbocycles. The molecule has 0 radical (unpaired) electrons. The molecule has 1 heterocycles. The van der Waals surface area contributed by atoms with E-state index in [1.54, 1.807) is 6.08 Å². The third kappa shape index (κ3) is 59.9. The van der Waals surface area contributed by atoms with E-state index in [4.69, 9.17) is 14.2 Å². The van der Waals surface area contributed by atoms with Gasteiger partial charge in [-0.25, -0.2) is 0 Å². The van der Waals surface area contributed by atoms with Gasteiger partial charge in [0.15, 0.2) is 6.29 Å². The molecule has 1 aliphatic rings. The summed E-state index contributed by atoms with van der Waals surface area (Å²) in [6.45, 7) is 4.38. The van der Waals surface area contributed by atoms with Gasteiger partial charge in [0.05, 0.1) is 32.0 Å². The van der Waals surface area contributed by atoms with Crippen molar-refractivity contribution in [2.24, 2.45) is 0 Å². The maximum Gasteiger partial charge on any atom is 0.305 e. The Bertz CT molecular complexity index is 1590. The van der Waals surface area contributed by atoms with Crippen molar-refractivity contribution >= 4 is 11.9 Å². The molecule has 93 heavy (non-hydrogen) atoms. The van der Waals surface area contributed by atoms with Crippen LogP contribution in [-0.2, 0) is 23.8 Å². The summed E-state index contributed by atoms with van der Waals surface area (Å²) in [5.74, 6) is -0.157. The lowest BCUT2D eigenvalue weighted by Gasteiger charge is -2.40. The molecule has 1 fully saturated rings. The summed E-state index contributed by atoms with van der Waals surface area (Å²) in [5, 5.41) is 54.4. The SMILES string of the molecule is CCCCCCCCC/C=C/C(O)C(COC1OC(CO)C(O)C(O)C1O)NC(=O)CCCCCCCCCCCCCCCCCCC/C=C\CCCCCCCCCCCCCCCCCCOC(=O)CCCCCCCCCCCCCCCCCCCCC. The third-order valence-electron chi connectivity index (χ3n) is 19.8. The van der Waals surface area contributed by atoms with Crippen molar-refractivity contribution in [1.82, 2.24) is 5.32 Å². The van der Waals surface area contributed by atoms with Gasteiger partial charge in [-0.2, -0.15) is 0 Å². The van der Waals surface area contributed by atoms with E-state index in [0.717, 1.165) is 51.4 Å². The van der Waals surface area contributed by atoms with Gasteiger partial charge in [0.25, 0.3) is 0 Å². The minimum absolute atomic E-state index is 0.0211. The Morgan fingerprint density at radius 2 is 0.688 bits per heavy atom. The molecule has 6 N–H and O–H groups in total. The van der Waals surface area contributed by atoms with Crippen LogP contribution in [0.3, 0.4) is 0 Å². The van der Waals surface area contributed by atoms with Gasteiger partial charge in [-0.05, 0) is 57.8 Å². The normalized spacial score (nSPS) is 17.5. The zero-order valence-electron chi connectivity index (χ0n) is 61.5. The summed E-state index contributed by atoms with van der Waals surface area (Å²) in [6, 6.07) is -0.805. The number of carbonyl (C=O) groups excluding carboxylic acids is 2. The lowest BCUT2D eigenvalue weighted by molar-refractivity contribution is -0.302. The number of nitrogens with one attached hydrogen (secondary N) is 1. The van der Waals surface area contributed by atoms with E-state index in [-0.39, 0.29) is 18.5 Å². The van der Waals surface area contributed by atoms with Crippen molar-refractivity contribution < 1.29 is 49.3 Å².